The molecule has 1 aliphatic carbocycles. The number of nitrogens with two attached hydrogens (primary N) is 1. The van der Waals surface area contributed by atoms with Gasteiger partial charge in [0.1, 0.15) is 0 Å². The summed E-state index contributed by atoms with van der Waals surface area (Å²) in [6.07, 6.45) is 3.62. The molecule has 3 atom stereocenters. The molecule has 0 radical (unpaired) electrons. The van der Waals surface area contributed by atoms with Gasteiger partial charge in [0, 0.05) is 11.3 Å². The lowest BCUT2D eigenvalue weighted by atomic mass is 9.80. The number of hydrogen-bond donors (Lipinski definition) is 1. The van der Waals surface area contributed by atoms with Crippen LogP contribution in [0.5, 0.6) is 0 Å². The Morgan fingerprint density at radius 1 is 1.24 bits per heavy atom. The molecule has 1 aromatic carbocycles. The summed E-state index contributed by atoms with van der Waals surface area (Å²) in [6.45, 7) is 6.66. The third kappa shape index (κ3) is 2.52. The van der Waals surface area contributed by atoms with Crippen LogP contribution in [0.1, 0.15) is 44.7 Å². The van der Waals surface area contributed by atoms with Crippen molar-refractivity contribution in [2.75, 3.05) is 5.73 Å². The fourth-order valence-corrected chi connectivity index (χ4v) is 3.50. The second-order valence-electron chi connectivity index (χ2n) is 6.43. The molecule has 1 fully saturated rings. The Morgan fingerprint density at radius 3 is 2.81 bits per heavy atom. The lowest BCUT2D eigenvalue weighted by Crippen LogP contribution is -2.26. The van der Waals surface area contributed by atoms with Gasteiger partial charge in [0.25, 0.3) is 0 Å². The van der Waals surface area contributed by atoms with Crippen molar-refractivity contribution >= 4 is 5.69 Å². The molecule has 1 heterocycles. The zero-order chi connectivity index (χ0) is 15.0. The van der Waals surface area contributed by atoms with Gasteiger partial charge in [-0.05, 0) is 60.1 Å². The van der Waals surface area contributed by atoms with Gasteiger partial charge in [-0.1, -0.05) is 26.0 Å². The van der Waals surface area contributed by atoms with Crippen molar-refractivity contribution in [3.8, 4) is 11.4 Å². The molecule has 2 N–H and O–H groups in total. The summed E-state index contributed by atoms with van der Waals surface area (Å²) in [6, 6.07) is 6.30. The van der Waals surface area contributed by atoms with Gasteiger partial charge in [0.2, 0.25) is 0 Å². The molecule has 2 aromatic rings. The summed E-state index contributed by atoms with van der Waals surface area (Å²) in [5, 5.41) is 12.5. The largest absolute Gasteiger partial charge is 0.398 e. The highest BCUT2D eigenvalue weighted by Gasteiger charge is 2.30. The molecule has 5 nitrogen and oxygen atoms in total. The van der Waals surface area contributed by atoms with Crippen LogP contribution in [0.15, 0.2) is 18.2 Å². The summed E-state index contributed by atoms with van der Waals surface area (Å²) in [5.74, 6) is 2.23. The molecule has 1 aliphatic rings. The predicted molar refractivity (Wildman–Crippen MR) is 83.6 cm³/mol. The van der Waals surface area contributed by atoms with Crippen molar-refractivity contribution in [3.05, 3.63) is 23.8 Å². The zero-order valence-corrected chi connectivity index (χ0v) is 13.0. The fourth-order valence-electron chi connectivity index (χ4n) is 3.50. The Labute approximate surface area is 125 Å². The Balaban J connectivity index is 2.00. The number of anilines is 1. The number of nitrogen functional groups attached to an aromatic ring is 1. The zero-order valence-electron chi connectivity index (χ0n) is 13.0. The van der Waals surface area contributed by atoms with Gasteiger partial charge < -0.3 is 5.73 Å². The van der Waals surface area contributed by atoms with Crippen LogP contribution in [0.4, 0.5) is 5.69 Å². The normalized spacial score (nSPS) is 26.0. The molecule has 0 amide bonds. The molecule has 0 bridgehead atoms. The molecule has 3 unspecified atom stereocenters. The highest BCUT2D eigenvalue weighted by Crippen LogP contribution is 2.38. The van der Waals surface area contributed by atoms with Crippen LogP contribution in [0, 0.1) is 18.8 Å². The van der Waals surface area contributed by atoms with E-state index < -0.39 is 0 Å². The molecule has 0 spiro atoms. The first-order valence-corrected chi connectivity index (χ1v) is 7.71. The van der Waals surface area contributed by atoms with E-state index in [0.717, 1.165) is 35.0 Å². The molecular formula is C16H23N5. The Kier molecular flexibility index (Phi) is 3.66. The minimum atomic E-state index is 0.382. The van der Waals surface area contributed by atoms with E-state index in [9.17, 15) is 0 Å². The minimum Gasteiger partial charge on any atom is -0.398 e. The first kappa shape index (κ1) is 14.0. The average molecular weight is 285 g/mol. The number of hydrogen-bond acceptors (Lipinski definition) is 4. The van der Waals surface area contributed by atoms with Crippen LogP contribution in [0.3, 0.4) is 0 Å². The second-order valence-corrected chi connectivity index (χ2v) is 6.43. The van der Waals surface area contributed by atoms with Crippen molar-refractivity contribution < 1.29 is 0 Å². The van der Waals surface area contributed by atoms with Crippen LogP contribution >= 0.6 is 0 Å². The van der Waals surface area contributed by atoms with Gasteiger partial charge in [0.15, 0.2) is 5.82 Å². The van der Waals surface area contributed by atoms with Crippen molar-refractivity contribution in [3.63, 3.8) is 0 Å². The summed E-state index contributed by atoms with van der Waals surface area (Å²) >= 11 is 0. The predicted octanol–water partition coefficient (Wildman–Crippen LogP) is 3.23. The fraction of sp³-hybridized carbons (Fsp3) is 0.562. The molecule has 3 rings (SSSR count). The highest BCUT2D eigenvalue weighted by molar-refractivity contribution is 5.67. The first-order valence-electron chi connectivity index (χ1n) is 7.71. The van der Waals surface area contributed by atoms with Crippen LogP contribution in [-0.4, -0.2) is 20.2 Å². The Bertz CT molecular complexity index is 633. The maximum Gasteiger partial charge on any atom is 0.182 e. The highest BCUT2D eigenvalue weighted by atomic mass is 15.5. The van der Waals surface area contributed by atoms with Gasteiger partial charge >= 0.3 is 0 Å². The van der Waals surface area contributed by atoms with E-state index in [2.05, 4.69) is 29.4 Å². The quantitative estimate of drug-likeness (QED) is 0.860. The lowest BCUT2D eigenvalue weighted by Gasteiger charge is -2.32. The average Bonchev–Trinajstić information content (AvgIpc) is 2.91. The van der Waals surface area contributed by atoms with Crippen molar-refractivity contribution in [1.82, 2.24) is 20.2 Å². The van der Waals surface area contributed by atoms with Crippen molar-refractivity contribution in [1.29, 1.82) is 0 Å². The minimum absolute atomic E-state index is 0.382. The van der Waals surface area contributed by atoms with Crippen LogP contribution < -0.4 is 5.73 Å². The van der Waals surface area contributed by atoms with Crippen molar-refractivity contribution in [2.24, 2.45) is 11.8 Å². The van der Waals surface area contributed by atoms with Gasteiger partial charge in [-0.25, -0.2) is 4.68 Å². The Hall–Kier alpha value is -1.91. The molecular weight excluding hydrogens is 262 g/mol. The maximum atomic E-state index is 6.02. The van der Waals surface area contributed by atoms with E-state index in [4.69, 9.17) is 5.73 Å². The number of tetrazole rings is 1. The molecule has 1 aromatic heterocycles. The summed E-state index contributed by atoms with van der Waals surface area (Å²) in [4.78, 5) is 0. The molecule has 112 valence electrons. The molecule has 0 aliphatic heterocycles. The van der Waals surface area contributed by atoms with E-state index in [1.807, 2.05) is 29.8 Å². The topological polar surface area (TPSA) is 69.6 Å². The van der Waals surface area contributed by atoms with Crippen LogP contribution in [0.25, 0.3) is 11.4 Å². The molecule has 21 heavy (non-hydrogen) atoms. The number of nitrogens with zero attached hydrogens (tertiary/aromatic N) is 4. The van der Waals surface area contributed by atoms with Crippen LogP contribution in [-0.2, 0) is 0 Å². The van der Waals surface area contributed by atoms with E-state index in [1.165, 1.54) is 12.8 Å². The molecule has 5 heteroatoms. The number of benzene rings is 1. The van der Waals surface area contributed by atoms with E-state index in [1.54, 1.807) is 0 Å². The monoisotopic (exact) mass is 285 g/mol. The van der Waals surface area contributed by atoms with Gasteiger partial charge in [-0.15, -0.1) is 5.10 Å². The molecule has 0 saturated heterocycles. The smallest absolute Gasteiger partial charge is 0.182 e. The lowest BCUT2D eigenvalue weighted by molar-refractivity contribution is 0.194. The van der Waals surface area contributed by atoms with Gasteiger partial charge in [-0.2, -0.15) is 0 Å². The van der Waals surface area contributed by atoms with Gasteiger partial charge in [0.05, 0.1) is 6.04 Å². The van der Waals surface area contributed by atoms with Crippen LogP contribution in [0.2, 0.25) is 0 Å². The summed E-state index contributed by atoms with van der Waals surface area (Å²) < 4.78 is 2.01. The van der Waals surface area contributed by atoms with Gasteiger partial charge in [-0.3, -0.25) is 0 Å². The molecule has 1 saturated carbocycles. The number of rotatable bonds is 2. The SMILES string of the molecule is Cc1c(N)cccc1-c1nnnn1C1CCC(C)CC1C. The second kappa shape index (κ2) is 5.47. The maximum absolute atomic E-state index is 6.02. The summed E-state index contributed by atoms with van der Waals surface area (Å²) in [5.41, 5.74) is 8.89. The number of aromatic nitrogens is 4. The van der Waals surface area contributed by atoms with Crippen molar-refractivity contribution in [2.45, 2.75) is 46.1 Å². The van der Waals surface area contributed by atoms with E-state index in [0.29, 0.717) is 12.0 Å². The first-order chi connectivity index (χ1) is 10.1. The standard InChI is InChI=1S/C16H23N5/c1-10-7-8-15(11(2)9-10)21-16(18-19-20-21)13-5-4-6-14(17)12(13)3/h4-6,10-11,15H,7-9,17H2,1-3H3. The summed E-state index contributed by atoms with van der Waals surface area (Å²) in [7, 11) is 0. The van der Waals surface area contributed by atoms with E-state index in [-0.39, 0.29) is 0 Å². The third-order valence-electron chi connectivity index (χ3n) is 4.81. The Morgan fingerprint density at radius 2 is 2.05 bits per heavy atom. The van der Waals surface area contributed by atoms with E-state index >= 15 is 0 Å². The third-order valence-corrected chi connectivity index (χ3v) is 4.81.